The number of ether oxygens (including phenoxy) is 9. The predicted molar refractivity (Wildman–Crippen MR) is 168 cm³/mol. The van der Waals surface area contributed by atoms with E-state index in [2.05, 4.69) is 13.2 Å². The molecule has 0 spiro atoms. The van der Waals surface area contributed by atoms with Crippen molar-refractivity contribution in [1.29, 1.82) is 0 Å². The maximum Gasteiger partial charge on any atom is 0.339 e. The summed E-state index contributed by atoms with van der Waals surface area (Å²) in [6, 6.07) is 0. The second-order valence-electron chi connectivity index (χ2n) is 13.0. The van der Waals surface area contributed by atoms with E-state index in [0.29, 0.717) is 0 Å². The van der Waals surface area contributed by atoms with Crippen molar-refractivity contribution in [3.05, 3.63) is 49.0 Å². The lowest BCUT2D eigenvalue weighted by molar-refractivity contribution is -0.345. The highest BCUT2D eigenvalue weighted by Crippen LogP contribution is 2.41. The molecule has 296 valence electrons. The molecular formula is C33H44O20. The Morgan fingerprint density at radius 2 is 1.40 bits per heavy atom. The van der Waals surface area contributed by atoms with E-state index in [9.17, 15) is 55.2 Å². The third kappa shape index (κ3) is 8.43. The van der Waals surface area contributed by atoms with E-state index in [-0.39, 0.29) is 17.6 Å². The molecular weight excluding hydrogens is 716 g/mol. The number of carbonyl (C=O) groups excluding carboxylic acids is 2. The average Bonchev–Trinajstić information content (AvgIpc) is 3.14. The number of aliphatic hydroxyl groups excluding tert-OH is 7. The molecule has 53 heavy (non-hydrogen) atoms. The van der Waals surface area contributed by atoms with Crippen LogP contribution in [-0.4, -0.2) is 159 Å². The number of aliphatic hydroxyl groups is 7. The summed E-state index contributed by atoms with van der Waals surface area (Å²) in [6.07, 6.45) is -16.0. The summed E-state index contributed by atoms with van der Waals surface area (Å²) in [5, 5.41) is 81.8. The van der Waals surface area contributed by atoms with Crippen molar-refractivity contribution >= 4 is 17.9 Å². The van der Waals surface area contributed by atoms with Crippen LogP contribution in [0.5, 0.6) is 0 Å². The van der Waals surface area contributed by atoms with Crippen molar-refractivity contribution in [3.63, 3.8) is 0 Å². The van der Waals surface area contributed by atoms with Gasteiger partial charge in [-0.3, -0.25) is 4.79 Å². The van der Waals surface area contributed by atoms with Crippen molar-refractivity contribution in [3.8, 4) is 0 Å². The molecule has 0 aliphatic carbocycles. The lowest BCUT2D eigenvalue weighted by Gasteiger charge is -2.44. The number of hydrogen-bond donors (Lipinski definition) is 8. The summed E-state index contributed by atoms with van der Waals surface area (Å²) >= 11 is 0. The van der Waals surface area contributed by atoms with E-state index in [0.717, 1.165) is 19.6 Å². The van der Waals surface area contributed by atoms with Crippen LogP contribution in [0.4, 0.5) is 0 Å². The van der Waals surface area contributed by atoms with E-state index in [1.807, 2.05) is 0 Å². The fourth-order valence-electron chi connectivity index (χ4n) is 6.82. The minimum absolute atomic E-state index is 0.0170. The van der Waals surface area contributed by atoms with E-state index < -0.39 is 141 Å². The number of rotatable bonds is 13. The Morgan fingerprint density at radius 3 is 1.96 bits per heavy atom. The number of carboxylic acids is 1. The van der Waals surface area contributed by atoms with Crippen LogP contribution in [0.1, 0.15) is 12.8 Å². The minimum Gasteiger partial charge on any atom is -0.481 e. The SMILES string of the molecule is C=C[C@H]1[C@H](O[C@H]2O[C@@H](CO[C@@H]3C[C@@H]4C(=CO[C@@H](O[C@@H]5O[C@H](CO)[C@@H](O)[C@H](O)[C@H]5O)[C@@H]4C=C)C(=O)O3)[C@H](O)[C@@H](O)[C@@H]2O)OC=C(C(=O)OC)[C@H]1CC(=O)O. The van der Waals surface area contributed by atoms with Crippen molar-refractivity contribution < 1.29 is 97.9 Å². The van der Waals surface area contributed by atoms with Crippen LogP contribution in [-0.2, 0) is 57.0 Å². The normalized spacial score (nSPS) is 42.7. The van der Waals surface area contributed by atoms with Gasteiger partial charge in [-0.25, -0.2) is 9.59 Å². The van der Waals surface area contributed by atoms with Crippen molar-refractivity contribution in [1.82, 2.24) is 0 Å². The molecule has 8 N–H and O–H groups in total. The second-order valence-corrected chi connectivity index (χ2v) is 13.0. The van der Waals surface area contributed by atoms with E-state index in [1.165, 1.54) is 12.2 Å². The molecule has 0 amide bonds. The quantitative estimate of drug-likeness (QED) is 0.0680. The highest BCUT2D eigenvalue weighted by Gasteiger charge is 2.51. The van der Waals surface area contributed by atoms with Gasteiger partial charge in [0.1, 0.15) is 48.8 Å². The summed E-state index contributed by atoms with van der Waals surface area (Å²) in [4.78, 5) is 36.9. The van der Waals surface area contributed by atoms with Gasteiger partial charge in [0.25, 0.3) is 0 Å². The zero-order chi connectivity index (χ0) is 38.7. The number of methoxy groups -OCH3 is 1. The molecule has 0 unspecified atom stereocenters. The fourth-order valence-corrected chi connectivity index (χ4v) is 6.82. The van der Waals surface area contributed by atoms with E-state index in [4.69, 9.17) is 42.6 Å². The predicted octanol–water partition coefficient (Wildman–Crippen LogP) is -3.12. The molecule has 5 heterocycles. The van der Waals surface area contributed by atoms with Crippen molar-refractivity contribution in [2.24, 2.45) is 23.7 Å². The molecule has 3 saturated heterocycles. The monoisotopic (exact) mass is 760 g/mol. The molecule has 0 aromatic heterocycles. The van der Waals surface area contributed by atoms with Crippen molar-refractivity contribution in [2.75, 3.05) is 20.3 Å². The highest BCUT2D eigenvalue weighted by molar-refractivity contribution is 5.90. The molecule has 5 aliphatic rings. The summed E-state index contributed by atoms with van der Waals surface area (Å²) in [6.45, 7) is 6.27. The third-order valence-electron chi connectivity index (χ3n) is 9.80. The number of hydrogen-bond acceptors (Lipinski definition) is 19. The van der Waals surface area contributed by atoms with Crippen LogP contribution in [0.25, 0.3) is 0 Å². The number of carbonyl (C=O) groups is 3. The van der Waals surface area contributed by atoms with Crippen LogP contribution < -0.4 is 0 Å². The lowest BCUT2D eigenvalue weighted by atomic mass is 9.80. The first kappa shape index (κ1) is 40.7. The van der Waals surface area contributed by atoms with Crippen LogP contribution in [0.3, 0.4) is 0 Å². The van der Waals surface area contributed by atoms with Crippen LogP contribution in [0.2, 0.25) is 0 Å². The third-order valence-corrected chi connectivity index (χ3v) is 9.80. The lowest BCUT2D eigenvalue weighted by Crippen LogP contribution is -2.60. The van der Waals surface area contributed by atoms with Gasteiger partial charge < -0.3 is 83.5 Å². The second kappa shape index (κ2) is 17.3. The Balaban J connectivity index is 1.24. The molecule has 0 aromatic carbocycles. The van der Waals surface area contributed by atoms with Gasteiger partial charge in [-0.15, -0.1) is 13.2 Å². The first-order chi connectivity index (χ1) is 25.2. The molecule has 20 nitrogen and oxygen atoms in total. The number of cyclic esters (lactones) is 1. The summed E-state index contributed by atoms with van der Waals surface area (Å²) in [5.74, 6) is -6.40. The van der Waals surface area contributed by atoms with E-state index in [1.54, 1.807) is 0 Å². The Labute approximate surface area is 301 Å². The average molecular weight is 761 g/mol. The van der Waals surface area contributed by atoms with Gasteiger partial charge >= 0.3 is 17.9 Å². The topological polar surface area (TPSA) is 296 Å². The summed E-state index contributed by atoms with van der Waals surface area (Å²) in [7, 11) is 1.11. The fraction of sp³-hybridized carbons (Fsp3) is 0.667. The zero-order valence-electron chi connectivity index (χ0n) is 28.3. The number of fused-ring (bicyclic) bond motifs is 1. The molecule has 0 aromatic rings. The van der Waals surface area contributed by atoms with Gasteiger partial charge in [0.15, 0.2) is 12.6 Å². The number of carboxylic acid groups (broad SMARTS) is 1. The van der Waals surface area contributed by atoms with Gasteiger partial charge in [0.2, 0.25) is 18.9 Å². The molecule has 20 heteroatoms. The molecule has 0 bridgehead atoms. The first-order valence-electron chi connectivity index (χ1n) is 16.6. The maximum absolute atomic E-state index is 13.0. The van der Waals surface area contributed by atoms with Gasteiger partial charge in [-0.2, -0.15) is 0 Å². The minimum atomic E-state index is -1.84. The Kier molecular flexibility index (Phi) is 13.3. The molecule has 0 radical (unpaired) electrons. The molecule has 3 fully saturated rings. The van der Waals surface area contributed by atoms with Gasteiger partial charge in [-0.05, 0) is 0 Å². The molecule has 5 aliphatic heterocycles. The van der Waals surface area contributed by atoms with Gasteiger partial charge in [0, 0.05) is 30.1 Å². The number of esters is 2. The van der Waals surface area contributed by atoms with Crippen LogP contribution in [0.15, 0.2) is 49.0 Å². The smallest absolute Gasteiger partial charge is 0.339 e. The zero-order valence-corrected chi connectivity index (χ0v) is 28.3. The largest absolute Gasteiger partial charge is 0.481 e. The Hall–Kier alpha value is -3.51. The highest BCUT2D eigenvalue weighted by atomic mass is 16.8. The summed E-state index contributed by atoms with van der Waals surface area (Å²) < 4.78 is 49.8. The van der Waals surface area contributed by atoms with Crippen LogP contribution >= 0.6 is 0 Å². The maximum atomic E-state index is 13.0. The Morgan fingerprint density at radius 1 is 0.830 bits per heavy atom. The van der Waals surface area contributed by atoms with E-state index >= 15 is 0 Å². The van der Waals surface area contributed by atoms with Gasteiger partial charge in [-0.1, -0.05) is 12.2 Å². The summed E-state index contributed by atoms with van der Waals surface area (Å²) in [5.41, 5.74) is 0.000686. The molecule has 5 rings (SSSR count). The van der Waals surface area contributed by atoms with Crippen molar-refractivity contribution in [2.45, 2.75) is 93.1 Å². The van der Waals surface area contributed by atoms with Crippen LogP contribution in [0, 0.1) is 23.7 Å². The molecule has 0 saturated carbocycles. The van der Waals surface area contributed by atoms with Gasteiger partial charge in [0.05, 0.1) is 50.4 Å². The Bertz CT molecular complexity index is 1410. The number of aliphatic carboxylic acids is 1. The molecule has 17 atom stereocenters. The first-order valence-corrected chi connectivity index (χ1v) is 16.6. The standard InChI is InChI=1S/C33H44O20/c1-4-12-14(6-20(35)36)16(28(43)45-3)9-47-30(12)53-33-27(42)25(40)23(38)19(50-33)11-46-21-7-15-13(5-2)31(48-10-17(15)29(44)51-21)52-32-26(41)24(39)22(37)18(8-34)49-32/h4-5,9-10,12-15,18-19,21-27,30-34,37-42H,1-2,6-8,11H2,3H3,(H,35,36)/t12-,13-,14+,15+,18-,19+,21+,22-,23+,24+,25-,26-,27+,30+,31+,32+,33-/m1/s1.